The van der Waals surface area contributed by atoms with Gasteiger partial charge in [0.1, 0.15) is 0 Å². The summed E-state index contributed by atoms with van der Waals surface area (Å²) in [6, 6.07) is 2.10. The SMILES string of the molecule is CN(C(=O)c1csc(C=CC(=O)O)c1)C1CCCCC1. The van der Waals surface area contributed by atoms with E-state index in [1.807, 2.05) is 11.9 Å². The molecule has 0 aromatic carbocycles. The van der Waals surface area contributed by atoms with Crippen molar-refractivity contribution < 1.29 is 14.7 Å². The Morgan fingerprint density at radius 2 is 2.05 bits per heavy atom. The van der Waals surface area contributed by atoms with Crippen LogP contribution in [0.25, 0.3) is 6.08 Å². The highest BCUT2D eigenvalue weighted by Crippen LogP contribution is 2.24. The fourth-order valence-electron chi connectivity index (χ4n) is 2.54. The van der Waals surface area contributed by atoms with E-state index in [4.69, 9.17) is 5.11 Å². The fourth-order valence-corrected chi connectivity index (χ4v) is 3.32. The number of carbonyl (C=O) groups is 2. The molecule has 1 saturated carbocycles. The third-order valence-corrected chi connectivity index (χ3v) is 4.60. The summed E-state index contributed by atoms with van der Waals surface area (Å²) in [5, 5.41) is 10.4. The lowest BCUT2D eigenvalue weighted by Gasteiger charge is -2.31. The van der Waals surface area contributed by atoms with Crippen molar-refractivity contribution in [3.63, 3.8) is 0 Å². The second kappa shape index (κ2) is 6.70. The molecule has 2 rings (SSSR count). The number of carboxylic acids is 1. The number of aliphatic carboxylic acids is 1. The predicted molar refractivity (Wildman–Crippen MR) is 80.0 cm³/mol. The zero-order valence-electron chi connectivity index (χ0n) is 11.5. The minimum atomic E-state index is -0.981. The molecule has 1 aliphatic carbocycles. The van der Waals surface area contributed by atoms with Gasteiger partial charge in [-0.1, -0.05) is 19.3 Å². The molecular weight excluding hydrogens is 274 g/mol. The molecule has 1 amide bonds. The van der Waals surface area contributed by atoms with Gasteiger partial charge in [-0.2, -0.15) is 0 Å². The first-order valence-corrected chi connectivity index (χ1v) is 7.72. The van der Waals surface area contributed by atoms with Gasteiger partial charge in [0.2, 0.25) is 0 Å². The highest BCUT2D eigenvalue weighted by atomic mass is 32.1. The quantitative estimate of drug-likeness (QED) is 0.867. The van der Waals surface area contributed by atoms with Gasteiger partial charge in [0.25, 0.3) is 5.91 Å². The highest BCUT2D eigenvalue weighted by Gasteiger charge is 2.23. The molecule has 0 unspecified atom stereocenters. The minimum Gasteiger partial charge on any atom is -0.478 e. The standard InChI is InChI=1S/C15H19NO3S/c1-16(12-5-3-2-4-6-12)15(19)11-9-13(20-10-11)7-8-14(17)18/h7-10,12H,2-6H2,1H3,(H,17,18). The second-order valence-electron chi connectivity index (χ2n) is 5.12. The van der Waals surface area contributed by atoms with E-state index in [1.165, 1.54) is 36.7 Å². The molecule has 0 spiro atoms. The van der Waals surface area contributed by atoms with Crippen LogP contribution in [0.15, 0.2) is 17.5 Å². The molecule has 0 bridgehead atoms. The average molecular weight is 293 g/mol. The lowest BCUT2D eigenvalue weighted by Crippen LogP contribution is -2.38. The van der Waals surface area contributed by atoms with Crippen molar-refractivity contribution in [1.82, 2.24) is 4.90 Å². The zero-order chi connectivity index (χ0) is 14.5. The molecule has 1 aliphatic rings. The van der Waals surface area contributed by atoms with Crippen LogP contribution in [0.1, 0.15) is 47.3 Å². The fraction of sp³-hybridized carbons (Fsp3) is 0.467. The number of thiophene rings is 1. The van der Waals surface area contributed by atoms with Gasteiger partial charge in [0, 0.05) is 29.4 Å². The number of hydrogen-bond acceptors (Lipinski definition) is 3. The third kappa shape index (κ3) is 3.70. The lowest BCUT2D eigenvalue weighted by atomic mass is 9.94. The first-order chi connectivity index (χ1) is 9.58. The number of hydrogen-bond donors (Lipinski definition) is 1. The summed E-state index contributed by atoms with van der Waals surface area (Å²) >= 11 is 1.39. The zero-order valence-corrected chi connectivity index (χ0v) is 12.4. The van der Waals surface area contributed by atoms with Crippen molar-refractivity contribution >= 4 is 29.3 Å². The summed E-state index contributed by atoms with van der Waals surface area (Å²) in [7, 11) is 1.86. The average Bonchev–Trinajstić information content (AvgIpc) is 2.93. The maximum absolute atomic E-state index is 12.4. The maximum Gasteiger partial charge on any atom is 0.328 e. The molecule has 0 atom stereocenters. The molecule has 20 heavy (non-hydrogen) atoms. The van der Waals surface area contributed by atoms with E-state index < -0.39 is 5.97 Å². The van der Waals surface area contributed by atoms with Crippen molar-refractivity contribution in [3.8, 4) is 0 Å². The molecule has 1 fully saturated rings. The van der Waals surface area contributed by atoms with E-state index in [1.54, 1.807) is 11.4 Å². The number of rotatable bonds is 4. The highest BCUT2D eigenvalue weighted by molar-refractivity contribution is 7.11. The van der Waals surface area contributed by atoms with Crippen molar-refractivity contribution in [3.05, 3.63) is 28.0 Å². The summed E-state index contributed by atoms with van der Waals surface area (Å²) < 4.78 is 0. The lowest BCUT2D eigenvalue weighted by molar-refractivity contribution is -0.131. The summed E-state index contributed by atoms with van der Waals surface area (Å²) in [6.45, 7) is 0. The van der Waals surface area contributed by atoms with Crippen molar-refractivity contribution in [1.29, 1.82) is 0 Å². The van der Waals surface area contributed by atoms with Crippen LogP contribution in [-0.2, 0) is 4.79 Å². The Morgan fingerprint density at radius 3 is 2.70 bits per heavy atom. The first-order valence-electron chi connectivity index (χ1n) is 6.84. The molecule has 1 heterocycles. The number of carbonyl (C=O) groups excluding carboxylic acids is 1. The van der Waals surface area contributed by atoms with E-state index in [0.29, 0.717) is 11.6 Å². The van der Waals surface area contributed by atoms with Crippen LogP contribution in [0.2, 0.25) is 0 Å². The Bertz CT molecular complexity index is 515. The van der Waals surface area contributed by atoms with Crippen molar-refractivity contribution in [2.75, 3.05) is 7.05 Å². The van der Waals surface area contributed by atoms with Crippen LogP contribution in [0.4, 0.5) is 0 Å². The van der Waals surface area contributed by atoms with E-state index in [-0.39, 0.29) is 5.91 Å². The van der Waals surface area contributed by atoms with E-state index in [2.05, 4.69) is 0 Å². The van der Waals surface area contributed by atoms with Crippen LogP contribution in [0.3, 0.4) is 0 Å². The maximum atomic E-state index is 12.4. The molecule has 1 N–H and O–H groups in total. The molecule has 1 aromatic rings. The van der Waals surface area contributed by atoms with Crippen LogP contribution >= 0.6 is 11.3 Å². The normalized spacial score (nSPS) is 16.4. The molecule has 1 aromatic heterocycles. The molecule has 0 radical (unpaired) electrons. The van der Waals surface area contributed by atoms with Gasteiger partial charge in [-0.25, -0.2) is 4.79 Å². The van der Waals surface area contributed by atoms with Gasteiger partial charge in [-0.3, -0.25) is 4.79 Å². The van der Waals surface area contributed by atoms with E-state index in [0.717, 1.165) is 23.8 Å². The van der Waals surface area contributed by atoms with Gasteiger partial charge in [0.15, 0.2) is 0 Å². The Kier molecular flexibility index (Phi) is 4.95. The summed E-state index contributed by atoms with van der Waals surface area (Å²) in [5.74, 6) is -0.950. The summed E-state index contributed by atoms with van der Waals surface area (Å²) in [6.07, 6.45) is 8.42. The molecular formula is C15H19NO3S. The molecule has 0 saturated heterocycles. The number of nitrogens with zero attached hydrogens (tertiary/aromatic N) is 1. The Balaban J connectivity index is 2.03. The molecule has 0 aliphatic heterocycles. The third-order valence-electron chi connectivity index (χ3n) is 3.70. The van der Waals surface area contributed by atoms with Crippen LogP contribution in [0.5, 0.6) is 0 Å². The second-order valence-corrected chi connectivity index (χ2v) is 6.06. The van der Waals surface area contributed by atoms with Crippen molar-refractivity contribution in [2.24, 2.45) is 0 Å². The van der Waals surface area contributed by atoms with Crippen LogP contribution in [0, 0.1) is 0 Å². The smallest absolute Gasteiger partial charge is 0.328 e. The summed E-state index contributed by atoms with van der Waals surface area (Å²) in [4.78, 5) is 25.5. The topological polar surface area (TPSA) is 57.6 Å². The molecule has 108 valence electrons. The van der Waals surface area contributed by atoms with E-state index >= 15 is 0 Å². The predicted octanol–water partition coefficient (Wildman–Crippen LogP) is 3.25. The molecule has 5 heteroatoms. The van der Waals surface area contributed by atoms with Gasteiger partial charge in [-0.05, 0) is 25.0 Å². The van der Waals surface area contributed by atoms with Gasteiger partial charge < -0.3 is 10.0 Å². The summed E-state index contributed by atoms with van der Waals surface area (Å²) in [5.41, 5.74) is 0.646. The molecule has 4 nitrogen and oxygen atoms in total. The van der Waals surface area contributed by atoms with Crippen LogP contribution in [-0.4, -0.2) is 35.0 Å². The van der Waals surface area contributed by atoms with Crippen molar-refractivity contribution in [2.45, 2.75) is 38.1 Å². The monoisotopic (exact) mass is 293 g/mol. The Hall–Kier alpha value is -1.62. The Labute approximate surface area is 122 Å². The number of carboxylic acid groups (broad SMARTS) is 1. The van der Waals surface area contributed by atoms with Gasteiger partial charge in [-0.15, -0.1) is 11.3 Å². The Morgan fingerprint density at radius 1 is 1.35 bits per heavy atom. The largest absolute Gasteiger partial charge is 0.478 e. The van der Waals surface area contributed by atoms with Gasteiger partial charge >= 0.3 is 5.97 Å². The number of amides is 1. The van der Waals surface area contributed by atoms with Crippen LogP contribution < -0.4 is 0 Å². The first kappa shape index (κ1) is 14.8. The minimum absolute atomic E-state index is 0.0307. The van der Waals surface area contributed by atoms with Gasteiger partial charge in [0.05, 0.1) is 5.56 Å². The van der Waals surface area contributed by atoms with E-state index in [9.17, 15) is 9.59 Å².